The lowest BCUT2D eigenvalue weighted by molar-refractivity contribution is -0.120. The van der Waals surface area contributed by atoms with E-state index in [1.165, 1.54) is 15.6 Å². The van der Waals surface area contributed by atoms with Crippen LogP contribution >= 0.6 is 22.7 Å². The number of nitrogens with zero attached hydrogens (tertiary/aromatic N) is 1. The summed E-state index contributed by atoms with van der Waals surface area (Å²) < 4.78 is 32.4. The van der Waals surface area contributed by atoms with Crippen LogP contribution in [0, 0.1) is 5.92 Å². The molecule has 0 spiro atoms. The molecule has 3 heterocycles. The lowest BCUT2D eigenvalue weighted by atomic mass is 9.98. The van der Waals surface area contributed by atoms with E-state index in [1.807, 2.05) is 0 Å². The van der Waals surface area contributed by atoms with Gasteiger partial charge in [-0.05, 0) is 62.5 Å². The molecule has 9 nitrogen and oxygen atoms in total. The van der Waals surface area contributed by atoms with Crippen molar-refractivity contribution in [3.8, 4) is 0 Å². The molecule has 1 saturated heterocycles. The smallest absolute Gasteiger partial charge is 0.414 e. The highest BCUT2D eigenvalue weighted by Crippen LogP contribution is 2.38. The molecule has 1 fully saturated rings. The van der Waals surface area contributed by atoms with Crippen LogP contribution in [0.25, 0.3) is 0 Å². The summed E-state index contributed by atoms with van der Waals surface area (Å²) in [5.74, 6) is -1.46. The average Bonchev–Trinajstić information content (AvgIpc) is 3.43. The molecule has 2 aromatic rings. The van der Waals surface area contributed by atoms with Crippen LogP contribution in [0.4, 0.5) is 9.80 Å². The van der Waals surface area contributed by atoms with Crippen LogP contribution in [0.5, 0.6) is 0 Å². The fourth-order valence-corrected chi connectivity index (χ4v) is 8.48. The molecule has 1 aliphatic heterocycles. The highest BCUT2D eigenvalue weighted by molar-refractivity contribution is 7.91. The molecule has 1 unspecified atom stereocenters. The fraction of sp³-hybridized carbons (Fsp3) is 0.522. The van der Waals surface area contributed by atoms with E-state index in [2.05, 4.69) is 10.6 Å². The van der Waals surface area contributed by atoms with Gasteiger partial charge in [-0.25, -0.2) is 13.2 Å². The molecule has 3 amide bonds. The Balaban J connectivity index is 1.54. The number of thiophene rings is 2. The monoisotopic (exact) mass is 539 g/mol. The van der Waals surface area contributed by atoms with Crippen LogP contribution in [-0.4, -0.2) is 50.3 Å². The Labute approximate surface area is 212 Å². The zero-order valence-corrected chi connectivity index (χ0v) is 22.0. The number of hydrogen-bond donors (Lipinski definition) is 2. The van der Waals surface area contributed by atoms with E-state index < -0.39 is 27.9 Å². The molecule has 1 aliphatic carbocycles. The van der Waals surface area contributed by atoms with Gasteiger partial charge in [0.15, 0.2) is 0 Å². The summed E-state index contributed by atoms with van der Waals surface area (Å²) in [7, 11) is -3.65. The maximum absolute atomic E-state index is 13.3. The number of fused-ring (bicyclic) bond motifs is 1. The van der Waals surface area contributed by atoms with E-state index in [0.29, 0.717) is 36.4 Å². The average molecular weight is 540 g/mol. The van der Waals surface area contributed by atoms with Crippen molar-refractivity contribution in [3.63, 3.8) is 0 Å². The molecule has 190 valence electrons. The van der Waals surface area contributed by atoms with Crippen LogP contribution < -0.4 is 10.6 Å². The Kier molecular flexibility index (Phi) is 8.25. The van der Waals surface area contributed by atoms with Gasteiger partial charge >= 0.3 is 6.09 Å². The first-order valence-corrected chi connectivity index (χ1v) is 14.9. The largest absolute Gasteiger partial charge is 0.450 e. The van der Waals surface area contributed by atoms with Crippen molar-refractivity contribution in [2.24, 2.45) is 5.92 Å². The third kappa shape index (κ3) is 5.76. The van der Waals surface area contributed by atoms with Crippen molar-refractivity contribution in [1.29, 1.82) is 0 Å². The summed E-state index contributed by atoms with van der Waals surface area (Å²) in [6.07, 6.45) is 4.78. The van der Waals surface area contributed by atoms with Crippen LogP contribution in [0.15, 0.2) is 21.7 Å². The van der Waals surface area contributed by atoms with Crippen LogP contribution in [-0.2, 0) is 32.4 Å². The fourth-order valence-electron chi connectivity index (χ4n) is 4.52. The highest BCUT2D eigenvalue weighted by Gasteiger charge is 2.35. The second kappa shape index (κ2) is 11.2. The number of aryl methyl sites for hydroxylation is 1. The van der Waals surface area contributed by atoms with Gasteiger partial charge in [-0.3, -0.25) is 14.9 Å². The van der Waals surface area contributed by atoms with Gasteiger partial charge < -0.3 is 10.1 Å². The predicted octanol–water partition coefficient (Wildman–Crippen LogP) is 4.00. The predicted molar refractivity (Wildman–Crippen MR) is 134 cm³/mol. The molecule has 0 aromatic carbocycles. The standard InChI is InChI=1S/C23H29N3O6S3/c1-2-32-23(29)25-21(28)19-16-9-4-3-5-10-17(16)34-22(19)24-20(27)15-8-6-12-26(14-15)35(30,31)18-11-7-13-33-18/h7,11,13,15H,2-6,8-10,12,14H2,1H3,(H,24,27)(H,25,28,29). The summed E-state index contributed by atoms with van der Waals surface area (Å²) in [5.41, 5.74) is 1.18. The lowest BCUT2D eigenvalue weighted by Crippen LogP contribution is -2.43. The number of piperidine rings is 1. The van der Waals surface area contributed by atoms with Crippen LogP contribution in [0.1, 0.15) is 59.8 Å². The van der Waals surface area contributed by atoms with Gasteiger partial charge in [0.2, 0.25) is 5.91 Å². The Morgan fingerprint density at radius 3 is 2.71 bits per heavy atom. The lowest BCUT2D eigenvalue weighted by Gasteiger charge is -2.30. The van der Waals surface area contributed by atoms with Crippen molar-refractivity contribution < 1.29 is 27.5 Å². The van der Waals surface area contributed by atoms with E-state index in [-0.39, 0.29) is 23.3 Å². The second-order valence-electron chi connectivity index (χ2n) is 8.57. The van der Waals surface area contributed by atoms with E-state index in [9.17, 15) is 22.8 Å². The number of amides is 3. The first-order chi connectivity index (χ1) is 16.8. The second-order valence-corrected chi connectivity index (χ2v) is 12.8. The van der Waals surface area contributed by atoms with Gasteiger partial charge in [0.25, 0.3) is 15.9 Å². The quantitative estimate of drug-likeness (QED) is 0.535. The molecular weight excluding hydrogens is 510 g/mol. The van der Waals surface area contributed by atoms with Gasteiger partial charge in [0.1, 0.15) is 9.21 Å². The Hall–Kier alpha value is -2.28. The van der Waals surface area contributed by atoms with Gasteiger partial charge in [0.05, 0.1) is 18.1 Å². The van der Waals surface area contributed by atoms with Crippen molar-refractivity contribution >= 4 is 55.6 Å². The summed E-state index contributed by atoms with van der Waals surface area (Å²) in [6.45, 7) is 2.24. The first kappa shape index (κ1) is 25.8. The van der Waals surface area contributed by atoms with E-state index in [1.54, 1.807) is 24.4 Å². The van der Waals surface area contributed by atoms with Crippen molar-refractivity contribution in [2.45, 2.75) is 56.1 Å². The minimum atomic E-state index is -3.65. The molecule has 35 heavy (non-hydrogen) atoms. The maximum atomic E-state index is 13.3. The molecule has 0 radical (unpaired) electrons. The SMILES string of the molecule is CCOC(=O)NC(=O)c1c(NC(=O)C2CCCN(S(=O)(=O)c3cccs3)C2)sc2c1CCCCC2. The van der Waals surface area contributed by atoms with Crippen molar-refractivity contribution in [3.05, 3.63) is 33.5 Å². The molecular formula is C23H29N3O6S3. The number of imide groups is 1. The van der Waals surface area contributed by atoms with Gasteiger partial charge in [0, 0.05) is 18.0 Å². The number of carbonyl (C=O) groups is 3. The number of carbonyl (C=O) groups excluding carboxylic acids is 3. The number of nitrogens with one attached hydrogen (secondary N) is 2. The van der Waals surface area contributed by atoms with Crippen LogP contribution in [0.2, 0.25) is 0 Å². The van der Waals surface area contributed by atoms with Crippen LogP contribution in [0.3, 0.4) is 0 Å². The minimum Gasteiger partial charge on any atom is -0.450 e. The number of rotatable bonds is 6. The molecule has 2 aliphatic rings. The Morgan fingerprint density at radius 2 is 1.97 bits per heavy atom. The number of ether oxygens (including phenoxy) is 1. The summed E-state index contributed by atoms with van der Waals surface area (Å²) in [4.78, 5) is 39.2. The number of alkyl carbamates (subject to hydrolysis) is 1. The number of anilines is 1. The molecule has 1 atom stereocenters. The third-order valence-corrected chi connectivity index (χ3v) is 10.7. The maximum Gasteiger partial charge on any atom is 0.414 e. The van der Waals surface area contributed by atoms with Gasteiger partial charge in [-0.1, -0.05) is 12.5 Å². The highest BCUT2D eigenvalue weighted by atomic mass is 32.2. The zero-order valence-electron chi connectivity index (χ0n) is 19.5. The molecule has 4 rings (SSSR count). The summed E-state index contributed by atoms with van der Waals surface area (Å²) in [6, 6.07) is 3.26. The zero-order chi connectivity index (χ0) is 25.0. The third-order valence-electron chi connectivity index (χ3n) is 6.22. The van der Waals surface area contributed by atoms with Gasteiger partial charge in [-0.15, -0.1) is 22.7 Å². The minimum absolute atomic E-state index is 0.0848. The van der Waals surface area contributed by atoms with E-state index >= 15 is 0 Å². The molecule has 2 aromatic heterocycles. The summed E-state index contributed by atoms with van der Waals surface area (Å²) in [5, 5.41) is 7.27. The Bertz CT molecular complexity index is 1190. The topological polar surface area (TPSA) is 122 Å². The van der Waals surface area contributed by atoms with Crippen molar-refractivity contribution in [1.82, 2.24) is 9.62 Å². The molecule has 12 heteroatoms. The molecule has 0 saturated carbocycles. The molecule has 0 bridgehead atoms. The van der Waals surface area contributed by atoms with Crippen molar-refractivity contribution in [2.75, 3.05) is 25.0 Å². The normalized spacial score (nSPS) is 18.8. The van der Waals surface area contributed by atoms with E-state index in [4.69, 9.17) is 4.74 Å². The van der Waals surface area contributed by atoms with Gasteiger partial charge in [-0.2, -0.15) is 4.31 Å². The first-order valence-electron chi connectivity index (χ1n) is 11.8. The number of hydrogen-bond acceptors (Lipinski definition) is 8. The Morgan fingerprint density at radius 1 is 1.17 bits per heavy atom. The molecule has 2 N–H and O–H groups in total. The summed E-state index contributed by atoms with van der Waals surface area (Å²) >= 11 is 2.52. The van der Waals surface area contributed by atoms with E-state index in [0.717, 1.165) is 47.5 Å². The number of sulfonamides is 1.